The normalized spacial score (nSPS) is 27.0. The first-order valence-corrected chi connectivity index (χ1v) is 13.7. The zero-order valence-corrected chi connectivity index (χ0v) is 22.4. The van der Waals surface area contributed by atoms with E-state index in [4.69, 9.17) is 16.3 Å². The Morgan fingerprint density at radius 2 is 1.94 bits per heavy atom. The van der Waals surface area contributed by atoms with Crippen molar-refractivity contribution < 1.29 is 14.3 Å². The number of carbonyl (C=O) groups excluding carboxylic acids is 2. The number of ether oxygens (including phenoxy) is 1. The van der Waals surface area contributed by atoms with E-state index in [0.717, 1.165) is 57.1 Å². The number of likely N-dealkylation sites (tertiary alicyclic amines) is 1. The Kier molecular flexibility index (Phi) is 5.63. The number of nitrogens with one attached hydrogen (secondary N) is 1. The molecule has 2 saturated heterocycles. The Balaban J connectivity index is 1.36. The minimum absolute atomic E-state index is 0.0523. The molecule has 2 aromatic heterocycles. The Hall–Kier alpha value is -2.55. The minimum atomic E-state index is -0.213. The summed E-state index contributed by atoms with van der Waals surface area (Å²) in [4.78, 5) is 37.2. The predicted octanol–water partition coefficient (Wildman–Crippen LogP) is 4.98. The summed E-state index contributed by atoms with van der Waals surface area (Å²) in [7, 11) is 0. The van der Waals surface area contributed by atoms with Crippen LogP contribution in [0.3, 0.4) is 0 Å². The van der Waals surface area contributed by atoms with Crippen LogP contribution in [0.15, 0.2) is 24.5 Å². The molecule has 7 nitrogen and oxygen atoms in total. The van der Waals surface area contributed by atoms with Gasteiger partial charge in [0.2, 0.25) is 11.8 Å². The molecule has 4 atom stereocenters. The number of nitrogens with zero attached hydrogens (tertiary/aromatic N) is 3. The number of hydrogen-bond acceptors (Lipinski definition) is 7. The number of imide groups is 1. The summed E-state index contributed by atoms with van der Waals surface area (Å²) in [5, 5.41) is 4.11. The maximum Gasteiger partial charge on any atom is 0.234 e. The van der Waals surface area contributed by atoms with Crippen molar-refractivity contribution in [2.45, 2.75) is 59.2 Å². The Morgan fingerprint density at radius 1 is 1.19 bits per heavy atom. The summed E-state index contributed by atoms with van der Waals surface area (Å²) in [6, 6.07) is 6.00. The maximum absolute atomic E-state index is 12.9. The number of halogens is 1. The molecule has 2 aliphatic heterocycles. The molecule has 0 spiro atoms. The molecule has 9 heteroatoms. The van der Waals surface area contributed by atoms with Gasteiger partial charge in [-0.1, -0.05) is 25.4 Å². The van der Waals surface area contributed by atoms with Crippen LogP contribution in [0.5, 0.6) is 5.75 Å². The lowest BCUT2D eigenvalue weighted by Crippen LogP contribution is -2.45. The number of aryl methyl sites for hydroxylation is 1. The molecule has 1 saturated carbocycles. The molecule has 0 radical (unpaired) electrons. The second-order valence-corrected chi connectivity index (χ2v) is 12.4. The van der Waals surface area contributed by atoms with E-state index >= 15 is 0 Å². The third-order valence-corrected chi connectivity index (χ3v) is 9.35. The highest BCUT2D eigenvalue weighted by Crippen LogP contribution is 2.63. The summed E-state index contributed by atoms with van der Waals surface area (Å²) < 4.78 is 7.48. The topological polar surface area (TPSA) is 84.4 Å². The fourth-order valence-electron chi connectivity index (χ4n) is 5.88. The molecule has 3 fully saturated rings. The molecular weight excluding hydrogens is 496 g/mol. The molecule has 4 heterocycles. The lowest BCUT2D eigenvalue weighted by molar-refractivity contribution is -0.143. The van der Waals surface area contributed by atoms with Gasteiger partial charge in [0.1, 0.15) is 18.2 Å². The number of aromatic nitrogens is 2. The second-order valence-electron chi connectivity index (χ2n) is 10.8. The molecule has 2 unspecified atom stereocenters. The van der Waals surface area contributed by atoms with E-state index in [9.17, 15) is 9.59 Å². The molecular formula is C27H29ClN4O3S. The van der Waals surface area contributed by atoms with Crippen LogP contribution >= 0.6 is 22.9 Å². The first kappa shape index (κ1) is 23.8. The van der Waals surface area contributed by atoms with Crippen LogP contribution in [-0.4, -0.2) is 45.4 Å². The van der Waals surface area contributed by atoms with Crippen LogP contribution in [0.1, 0.15) is 44.1 Å². The number of hydrogen-bond donors (Lipinski definition) is 1. The zero-order chi connectivity index (χ0) is 25.4. The number of amides is 2. The van der Waals surface area contributed by atoms with Crippen LogP contribution in [0.4, 0.5) is 0 Å². The van der Waals surface area contributed by atoms with Gasteiger partial charge in [-0.15, -0.1) is 11.3 Å². The Bertz CT molecular complexity index is 1380. The maximum atomic E-state index is 12.9. The highest BCUT2D eigenvalue weighted by atomic mass is 35.5. The molecule has 1 aliphatic carbocycles. The van der Waals surface area contributed by atoms with Crippen molar-refractivity contribution in [1.82, 2.24) is 20.2 Å². The fourth-order valence-corrected chi connectivity index (χ4v) is 7.25. The lowest BCUT2D eigenvalue weighted by atomic mass is 10.0. The molecule has 6 rings (SSSR count). The van der Waals surface area contributed by atoms with E-state index < -0.39 is 0 Å². The summed E-state index contributed by atoms with van der Waals surface area (Å²) in [5.74, 6) is 0.299. The van der Waals surface area contributed by atoms with Gasteiger partial charge in [-0.3, -0.25) is 14.5 Å². The number of fused-ring (bicyclic) bond motifs is 2. The van der Waals surface area contributed by atoms with Gasteiger partial charge in [-0.05, 0) is 62.4 Å². The van der Waals surface area contributed by atoms with Crippen molar-refractivity contribution in [3.63, 3.8) is 0 Å². The van der Waals surface area contributed by atoms with Gasteiger partial charge in [0, 0.05) is 21.5 Å². The lowest BCUT2D eigenvalue weighted by Gasteiger charge is -2.31. The standard InChI is InChI=1S/C27H29ClN4O3S/c1-13-8-15(28)9-17(23(13)35-19-6-5-7-29-14(19)2)22-24-18(30-12-31-22)10-16(36-24)11-32-25(33)20-21(26(32)34)27(20,3)4/h8-10,12,14,19-21,29H,5-7,11H2,1-4H3/t14-,19-,20?,21?/m0/s1. The first-order chi connectivity index (χ1) is 17.2. The smallest absolute Gasteiger partial charge is 0.234 e. The van der Waals surface area contributed by atoms with Crippen molar-refractivity contribution in [2.75, 3.05) is 6.54 Å². The molecule has 3 aromatic rings. The fraction of sp³-hybridized carbons (Fsp3) is 0.481. The van der Waals surface area contributed by atoms with Gasteiger partial charge in [-0.2, -0.15) is 0 Å². The largest absolute Gasteiger partial charge is 0.488 e. The van der Waals surface area contributed by atoms with Crippen molar-refractivity contribution in [1.29, 1.82) is 0 Å². The van der Waals surface area contributed by atoms with E-state index in [1.165, 1.54) is 16.2 Å². The number of thiophene rings is 1. The molecule has 188 valence electrons. The highest BCUT2D eigenvalue weighted by Gasteiger charge is 2.72. The zero-order valence-electron chi connectivity index (χ0n) is 20.8. The van der Waals surface area contributed by atoms with Gasteiger partial charge < -0.3 is 10.1 Å². The number of piperidine rings is 2. The van der Waals surface area contributed by atoms with E-state index in [1.54, 1.807) is 6.33 Å². The van der Waals surface area contributed by atoms with Gasteiger partial charge in [-0.25, -0.2) is 9.97 Å². The Morgan fingerprint density at radius 3 is 2.67 bits per heavy atom. The van der Waals surface area contributed by atoms with E-state index in [2.05, 4.69) is 22.2 Å². The minimum Gasteiger partial charge on any atom is -0.488 e. The monoisotopic (exact) mass is 524 g/mol. The molecule has 2 amide bonds. The summed E-state index contributed by atoms with van der Waals surface area (Å²) in [6.45, 7) is 9.40. The molecule has 0 bridgehead atoms. The van der Waals surface area contributed by atoms with Crippen LogP contribution in [0.25, 0.3) is 21.5 Å². The van der Waals surface area contributed by atoms with Crippen molar-refractivity contribution in [3.8, 4) is 17.0 Å². The molecule has 1 N–H and O–H groups in total. The van der Waals surface area contributed by atoms with Crippen LogP contribution in [0.2, 0.25) is 5.02 Å². The SMILES string of the molecule is Cc1cc(Cl)cc(-c2ncnc3cc(CN4C(=O)C5C(C4=O)C5(C)C)sc23)c1O[C@H]1CCCN[C@H]1C. The average molecular weight is 525 g/mol. The van der Waals surface area contributed by atoms with Gasteiger partial charge in [0.15, 0.2) is 0 Å². The van der Waals surface area contributed by atoms with Crippen molar-refractivity contribution in [3.05, 3.63) is 40.0 Å². The summed E-state index contributed by atoms with van der Waals surface area (Å²) in [6.07, 6.45) is 3.64. The summed E-state index contributed by atoms with van der Waals surface area (Å²) >= 11 is 8.01. The van der Waals surface area contributed by atoms with E-state index in [1.807, 2.05) is 39.0 Å². The molecule has 3 aliphatic rings. The quantitative estimate of drug-likeness (QED) is 0.474. The average Bonchev–Trinajstić information content (AvgIpc) is 3.08. The third kappa shape index (κ3) is 3.73. The summed E-state index contributed by atoms with van der Waals surface area (Å²) in [5.41, 5.74) is 3.09. The first-order valence-electron chi connectivity index (χ1n) is 12.5. The number of carbonyl (C=O) groups is 2. The van der Waals surface area contributed by atoms with Gasteiger partial charge in [0.05, 0.1) is 34.3 Å². The second kappa shape index (κ2) is 8.50. The van der Waals surface area contributed by atoms with Crippen LogP contribution < -0.4 is 10.1 Å². The number of benzene rings is 1. The Labute approximate surface area is 219 Å². The molecule has 1 aromatic carbocycles. The van der Waals surface area contributed by atoms with E-state index in [-0.39, 0.29) is 47.8 Å². The predicted molar refractivity (Wildman–Crippen MR) is 140 cm³/mol. The van der Waals surface area contributed by atoms with Crippen molar-refractivity contribution >= 4 is 45.0 Å². The third-order valence-electron chi connectivity index (χ3n) is 8.02. The number of rotatable bonds is 5. The van der Waals surface area contributed by atoms with Gasteiger partial charge in [0.25, 0.3) is 0 Å². The highest BCUT2D eigenvalue weighted by molar-refractivity contribution is 7.19. The van der Waals surface area contributed by atoms with Crippen LogP contribution in [-0.2, 0) is 16.1 Å². The van der Waals surface area contributed by atoms with Gasteiger partial charge >= 0.3 is 0 Å². The van der Waals surface area contributed by atoms with E-state index in [0.29, 0.717) is 5.02 Å². The van der Waals surface area contributed by atoms with Crippen molar-refractivity contribution in [2.24, 2.45) is 17.3 Å². The molecule has 36 heavy (non-hydrogen) atoms. The van der Waals surface area contributed by atoms with Crippen LogP contribution in [0, 0.1) is 24.2 Å².